The van der Waals surface area contributed by atoms with Crippen LogP contribution in [0.4, 0.5) is 0 Å². The summed E-state index contributed by atoms with van der Waals surface area (Å²) in [4.78, 5) is 0. The summed E-state index contributed by atoms with van der Waals surface area (Å²) in [6.07, 6.45) is 0.405. The van der Waals surface area contributed by atoms with Crippen LogP contribution < -0.4 is 5.19 Å². The van der Waals surface area contributed by atoms with Crippen molar-refractivity contribution in [2.75, 3.05) is 6.61 Å². The summed E-state index contributed by atoms with van der Waals surface area (Å²) < 4.78 is 13.7. The molecule has 0 aromatic heterocycles. The molecule has 1 saturated heterocycles. The Morgan fingerprint density at radius 1 is 1.03 bits per heavy atom. The Morgan fingerprint density at radius 3 is 2.06 bits per heavy atom. The lowest BCUT2D eigenvalue weighted by molar-refractivity contribution is -0.0274. The Balaban J connectivity index is 2.57. The number of aliphatic hydroxyl groups is 1. The van der Waals surface area contributed by atoms with Crippen molar-refractivity contribution in [1.82, 2.24) is 0 Å². The van der Waals surface area contributed by atoms with E-state index in [9.17, 15) is 5.11 Å². The molecule has 0 amide bonds. The van der Waals surface area contributed by atoms with Crippen LogP contribution in [0.2, 0.25) is 54.9 Å². The molecular formula is C28H50O3Si3. The molecule has 34 heavy (non-hydrogen) atoms. The van der Waals surface area contributed by atoms with E-state index in [1.54, 1.807) is 0 Å². The van der Waals surface area contributed by atoms with E-state index in [1.807, 2.05) is 0 Å². The molecule has 0 aliphatic carbocycles. The maximum absolute atomic E-state index is 10.1. The van der Waals surface area contributed by atoms with Crippen molar-refractivity contribution >= 4 is 29.7 Å². The van der Waals surface area contributed by atoms with Gasteiger partial charge in [0.2, 0.25) is 0 Å². The van der Waals surface area contributed by atoms with E-state index in [0.29, 0.717) is 5.54 Å². The van der Waals surface area contributed by atoms with E-state index in [0.717, 1.165) is 6.42 Å². The quantitative estimate of drug-likeness (QED) is 0.297. The topological polar surface area (TPSA) is 38.7 Å². The molecule has 1 fully saturated rings. The van der Waals surface area contributed by atoms with Gasteiger partial charge in [0.05, 0.1) is 26.9 Å². The number of aliphatic hydroxyl groups excluding tert-OH is 1. The lowest BCUT2D eigenvalue weighted by Crippen LogP contribution is -2.53. The van der Waals surface area contributed by atoms with E-state index in [4.69, 9.17) is 9.16 Å². The van der Waals surface area contributed by atoms with Crippen molar-refractivity contribution in [3.63, 3.8) is 0 Å². The van der Waals surface area contributed by atoms with Crippen LogP contribution in [0.5, 0.6) is 0 Å². The van der Waals surface area contributed by atoms with Crippen LogP contribution >= 0.6 is 0 Å². The Labute approximate surface area is 213 Å². The molecule has 192 valence electrons. The lowest BCUT2D eigenvalue weighted by atomic mass is 10.1. The van der Waals surface area contributed by atoms with Gasteiger partial charge in [-0.15, -0.1) is 5.54 Å². The lowest BCUT2D eigenvalue weighted by Gasteiger charge is -2.42. The molecule has 1 aliphatic heterocycles. The van der Waals surface area contributed by atoms with Crippen molar-refractivity contribution in [1.29, 1.82) is 0 Å². The zero-order valence-electron chi connectivity index (χ0n) is 23.5. The second-order valence-electron chi connectivity index (χ2n) is 12.2. The first kappa shape index (κ1) is 29.5. The standard InChI is InChI=1S/C28H50O3Si3/c1-11-34(12-2,13-3)20-19-25(31-33(9,10)28(4,5)6)27-26(21-23(22-29)30-27)32(7,8)24-17-15-14-16-18-24/h14-18,23,25-27,29H,11-13,21-22H2,1-10H3/t23-,25-,26-,27+/m1/s1. The van der Waals surface area contributed by atoms with Gasteiger partial charge >= 0.3 is 0 Å². The number of rotatable bonds is 9. The SMILES string of the molecule is CC[Si](C#C[C@@H](O[Si](C)(C)C(C)(C)C)[C@@H]1O[C@@H](CO)C[C@H]1[Si](C)(C)c1ccccc1)(CC)CC. The molecule has 0 bridgehead atoms. The number of hydrogen-bond donors (Lipinski definition) is 1. The predicted octanol–water partition coefficient (Wildman–Crippen LogP) is 6.56. The van der Waals surface area contributed by atoms with Gasteiger partial charge in [0, 0.05) is 0 Å². The van der Waals surface area contributed by atoms with Crippen LogP contribution in [0.15, 0.2) is 30.3 Å². The van der Waals surface area contributed by atoms with Crippen molar-refractivity contribution in [3.8, 4) is 11.5 Å². The highest BCUT2D eigenvalue weighted by Crippen LogP contribution is 2.44. The average molecular weight is 519 g/mol. The first-order chi connectivity index (χ1) is 15.8. The zero-order valence-corrected chi connectivity index (χ0v) is 26.5. The van der Waals surface area contributed by atoms with Gasteiger partial charge in [0.15, 0.2) is 8.32 Å². The first-order valence-corrected chi connectivity index (χ1v) is 21.9. The minimum Gasteiger partial charge on any atom is -0.401 e. The summed E-state index contributed by atoms with van der Waals surface area (Å²) in [5.41, 5.74) is 4.18. The third-order valence-electron chi connectivity index (χ3n) is 8.95. The van der Waals surface area contributed by atoms with Crippen LogP contribution in [0, 0.1) is 11.5 Å². The molecule has 1 aliphatic rings. The third kappa shape index (κ3) is 6.54. The third-order valence-corrected chi connectivity index (χ3v) is 22.4. The highest BCUT2D eigenvalue weighted by Gasteiger charge is 2.51. The summed E-state index contributed by atoms with van der Waals surface area (Å²) in [6.45, 7) is 23.4. The molecule has 4 atom stereocenters. The van der Waals surface area contributed by atoms with Crippen LogP contribution in [0.1, 0.15) is 48.0 Å². The fourth-order valence-electron chi connectivity index (χ4n) is 4.89. The summed E-state index contributed by atoms with van der Waals surface area (Å²) in [7, 11) is -5.61. The Morgan fingerprint density at radius 2 is 1.59 bits per heavy atom. The van der Waals surface area contributed by atoms with E-state index in [-0.39, 0.29) is 30.0 Å². The first-order valence-electron chi connectivity index (χ1n) is 13.3. The van der Waals surface area contributed by atoms with E-state index in [1.165, 1.54) is 23.3 Å². The molecule has 1 aromatic rings. The largest absolute Gasteiger partial charge is 0.401 e. The van der Waals surface area contributed by atoms with E-state index < -0.39 is 24.5 Å². The molecule has 0 spiro atoms. The van der Waals surface area contributed by atoms with Gasteiger partial charge in [0.25, 0.3) is 0 Å². The molecule has 3 nitrogen and oxygen atoms in total. The van der Waals surface area contributed by atoms with Gasteiger partial charge in [-0.2, -0.15) is 0 Å². The Bertz CT molecular complexity index is 824. The fourth-order valence-corrected chi connectivity index (χ4v) is 12.0. The van der Waals surface area contributed by atoms with Crippen molar-refractivity contribution < 1.29 is 14.3 Å². The van der Waals surface area contributed by atoms with Gasteiger partial charge in [0.1, 0.15) is 14.2 Å². The molecule has 6 heteroatoms. The average Bonchev–Trinajstić information content (AvgIpc) is 3.25. The zero-order chi connectivity index (χ0) is 25.8. The molecule has 0 unspecified atom stereocenters. The minimum absolute atomic E-state index is 0.0596. The number of benzene rings is 1. The fraction of sp³-hybridized carbons (Fsp3) is 0.714. The molecular weight excluding hydrogens is 469 g/mol. The van der Waals surface area contributed by atoms with Gasteiger partial charge in [-0.1, -0.05) is 96.1 Å². The summed E-state index contributed by atoms with van der Waals surface area (Å²) >= 11 is 0. The number of hydrogen-bond acceptors (Lipinski definition) is 3. The van der Waals surface area contributed by atoms with Crippen molar-refractivity contribution in [3.05, 3.63) is 30.3 Å². The second kappa shape index (κ2) is 11.6. The molecule has 1 heterocycles. The Hall–Kier alpha value is -0.689. The van der Waals surface area contributed by atoms with Gasteiger partial charge in [-0.25, -0.2) is 0 Å². The van der Waals surface area contributed by atoms with E-state index >= 15 is 0 Å². The van der Waals surface area contributed by atoms with E-state index in [2.05, 4.69) is 110 Å². The van der Waals surface area contributed by atoms with Crippen molar-refractivity contribution in [2.45, 2.75) is 121 Å². The summed E-state index contributed by atoms with van der Waals surface area (Å²) in [5, 5.41) is 11.6. The summed E-state index contributed by atoms with van der Waals surface area (Å²) in [5.74, 6) is 3.72. The molecule has 0 radical (unpaired) electrons. The van der Waals surface area contributed by atoms with Crippen molar-refractivity contribution in [2.24, 2.45) is 0 Å². The van der Waals surface area contributed by atoms with Gasteiger partial charge in [-0.3, -0.25) is 0 Å². The van der Waals surface area contributed by atoms with Crippen LogP contribution in [-0.4, -0.2) is 54.5 Å². The molecule has 1 aromatic carbocycles. The van der Waals surface area contributed by atoms with Crippen LogP contribution in [0.3, 0.4) is 0 Å². The van der Waals surface area contributed by atoms with Crippen LogP contribution in [-0.2, 0) is 9.16 Å². The highest BCUT2D eigenvalue weighted by atomic mass is 28.4. The van der Waals surface area contributed by atoms with Gasteiger partial charge < -0.3 is 14.3 Å². The molecule has 0 saturated carbocycles. The maximum Gasteiger partial charge on any atom is 0.193 e. The van der Waals surface area contributed by atoms with Crippen LogP contribution in [0.25, 0.3) is 0 Å². The normalized spacial score (nSPS) is 22.9. The maximum atomic E-state index is 10.1. The summed E-state index contributed by atoms with van der Waals surface area (Å²) in [6, 6.07) is 14.5. The minimum atomic E-state index is -2.08. The molecule has 1 N–H and O–H groups in total. The number of ether oxygens (including phenoxy) is 1. The smallest absolute Gasteiger partial charge is 0.193 e. The Kier molecular flexibility index (Phi) is 10.1. The highest BCUT2D eigenvalue weighted by molar-refractivity contribution is 6.91. The molecule has 2 rings (SSSR count). The monoisotopic (exact) mass is 518 g/mol. The predicted molar refractivity (Wildman–Crippen MR) is 155 cm³/mol. The van der Waals surface area contributed by atoms with Gasteiger partial charge in [-0.05, 0) is 48.2 Å². The second-order valence-corrected chi connectivity index (χ2v) is 26.7.